The fourth-order valence-electron chi connectivity index (χ4n) is 3.60. The summed E-state index contributed by atoms with van der Waals surface area (Å²) in [4.78, 5) is 16.5. The summed E-state index contributed by atoms with van der Waals surface area (Å²) in [5.41, 5.74) is 1.61. The van der Waals surface area contributed by atoms with Crippen LogP contribution in [0.5, 0.6) is 0 Å². The smallest absolute Gasteiger partial charge is 0.233 e. The van der Waals surface area contributed by atoms with Gasteiger partial charge in [0.15, 0.2) is 11.0 Å². The summed E-state index contributed by atoms with van der Waals surface area (Å²) in [6, 6.07) is 16.7. The minimum absolute atomic E-state index is 0.0695. The Labute approximate surface area is 179 Å². The first-order chi connectivity index (χ1) is 14.7. The van der Waals surface area contributed by atoms with Crippen LogP contribution in [0.15, 0.2) is 59.8 Å². The highest BCUT2D eigenvalue weighted by Crippen LogP contribution is 2.25. The van der Waals surface area contributed by atoms with Crippen molar-refractivity contribution in [3.63, 3.8) is 0 Å². The number of piperazine rings is 1. The second-order valence-corrected chi connectivity index (χ2v) is 7.97. The molecule has 0 N–H and O–H groups in total. The maximum absolute atomic E-state index is 14.0. The van der Waals surface area contributed by atoms with Crippen LogP contribution in [0.4, 0.5) is 10.1 Å². The van der Waals surface area contributed by atoms with Crippen molar-refractivity contribution in [2.45, 2.75) is 18.6 Å². The number of amides is 1. The third-order valence-corrected chi connectivity index (χ3v) is 6.17. The van der Waals surface area contributed by atoms with Gasteiger partial charge in [-0.25, -0.2) is 4.39 Å². The van der Waals surface area contributed by atoms with Crippen molar-refractivity contribution in [3.8, 4) is 11.4 Å². The zero-order valence-electron chi connectivity index (χ0n) is 16.9. The SMILES string of the molecule is CCn1c(SCC(=O)N2CCN(c3ccccc3F)CC2)nnc1-c1ccccc1. The van der Waals surface area contributed by atoms with Crippen LogP contribution in [0.2, 0.25) is 0 Å². The maximum Gasteiger partial charge on any atom is 0.233 e. The van der Waals surface area contributed by atoms with Crippen LogP contribution < -0.4 is 4.90 Å². The summed E-state index contributed by atoms with van der Waals surface area (Å²) >= 11 is 1.41. The van der Waals surface area contributed by atoms with Crippen LogP contribution in [-0.4, -0.2) is 57.5 Å². The molecule has 6 nitrogen and oxygen atoms in total. The third-order valence-electron chi connectivity index (χ3n) is 5.22. The Morgan fingerprint density at radius 3 is 2.40 bits per heavy atom. The van der Waals surface area contributed by atoms with Gasteiger partial charge in [0.25, 0.3) is 0 Å². The summed E-state index contributed by atoms with van der Waals surface area (Å²) in [5, 5.41) is 9.37. The average Bonchev–Trinajstić information content (AvgIpc) is 3.21. The topological polar surface area (TPSA) is 54.3 Å². The molecule has 1 saturated heterocycles. The number of nitrogens with zero attached hydrogens (tertiary/aromatic N) is 5. The third kappa shape index (κ3) is 4.33. The van der Waals surface area contributed by atoms with E-state index in [-0.39, 0.29) is 11.7 Å². The Hall–Kier alpha value is -2.87. The van der Waals surface area contributed by atoms with Crippen molar-refractivity contribution in [2.24, 2.45) is 0 Å². The highest BCUT2D eigenvalue weighted by molar-refractivity contribution is 7.99. The van der Waals surface area contributed by atoms with Gasteiger partial charge in [0.2, 0.25) is 5.91 Å². The van der Waals surface area contributed by atoms with E-state index in [9.17, 15) is 9.18 Å². The molecule has 1 fully saturated rings. The molecule has 0 unspecified atom stereocenters. The molecular formula is C22H24FN5OS. The lowest BCUT2D eigenvalue weighted by Crippen LogP contribution is -2.49. The number of halogens is 1. The first-order valence-electron chi connectivity index (χ1n) is 10.1. The molecule has 0 atom stereocenters. The number of hydrogen-bond acceptors (Lipinski definition) is 5. The van der Waals surface area contributed by atoms with Crippen molar-refractivity contribution in [1.82, 2.24) is 19.7 Å². The summed E-state index contributed by atoms with van der Waals surface area (Å²) in [7, 11) is 0. The van der Waals surface area contributed by atoms with Crippen LogP contribution in [0.25, 0.3) is 11.4 Å². The molecule has 0 radical (unpaired) electrons. The maximum atomic E-state index is 14.0. The van der Waals surface area contributed by atoms with Gasteiger partial charge in [-0.1, -0.05) is 54.2 Å². The minimum Gasteiger partial charge on any atom is -0.366 e. The molecule has 2 aromatic carbocycles. The normalized spacial score (nSPS) is 14.2. The van der Waals surface area contributed by atoms with E-state index in [2.05, 4.69) is 10.2 Å². The molecule has 2 heterocycles. The Kier molecular flexibility index (Phi) is 6.32. The zero-order chi connectivity index (χ0) is 20.9. The molecule has 156 valence electrons. The van der Waals surface area contributed by atoms with Gasteiger partial charge in [-0.3, -0.25) is 4.79 Å². The number of anilines is 1. The van der Waals surface area contributed by atoms with Crippen molar-refractivity contribution in [1.29, 1.82) is 0 Å². The fourth-order valence-corrected chi connectivity index (χ4v) is 4.51. The lowest BCUT2D eigenvalue weighted by Gasteiger charge is -2.36. The number of carbonyl (C=O) groups is 1. The predicted octanol–water partition coefficient (Wildman–Crippen LogP) is 3.55. The molecule has 30 heavy (non-hydrogen) atoms. The molecule has 1 aromatic heterocycles. The van der Waals surface area contributed by atoms with Crippen LogP contribution >= 0.6 is 11.8 Å². The molecule has 8 heteroatoms. The largest absolute Gasteiger partial charge is 0.366 e. The second-order valence-electron chi connectivity index (χ2n) is 7.02. The van der Waals surface area contributed by atoms with Gasteiger partial charge in [0.1, 0.15) is 5.82 Å². The minimum atomic E-state index is -0.221. The molecule has 0 aliphatic carbocycles. The van der Waals surface area contributed by atoms with E-state index in [1.54, 1.807) is 12.1 Å². The lowest BCUT2D eigenvalue weighted by atomic mass is 10.2. The van der Waals surface area contributed by atoms with E-state index in [1.807, 2.05) is 57.7 Å². The van der Waals surface area contributed by atoms with Gasteiger partial charge in [-0.2, -0.15) is 0 Å². The van der Waals surface area contributed by atoms with Gasteiger partial charge in [0.05, 0.1) is 11.4 Å². The second kappa shape index (κ2) is 9.30. The monoisotopic (exact) mass is 425 g/mol. The molecule has 1 aliphatic heterocycles. The number of para-hydroxylation sites is 1. The first kappa shape index (κ1) is 20.4. The number of aromatic nitrogens is 3. The molecule has 0 spiro atoms. The molecular weight excluding hydrogens is 401 g/mol. The van der Waals surface area contributed by atoms with Gasteiger partial charge >= 0.3 is 0 Å². The van der Waals surface area contributed by atoms with E-state index < -0.39 is 0 Å². The van der Waals surface area contributed by atoms with E-state index >= 15 is 0 Å². The lowest BCUT2D eigenvalue weighted by molar-refractivity contribution is -0.128. The quantitative estimate of drug-likeness (QED) is 0.566. The number of hydrogen-bond donors (Lipinski definition) is 0. The van der Waals surface area contributed by atoms with Crippen molar-refractivity contribution in [2.75, 3.05) is 36.8 Å². The Morgan fingerprint density at radius 2 is 1.70 bits per heavy atom. The molecule has 4 rings (SSSR count). The fraction of sp³-hybridized carbons (Fsp3) is 0.318. The van der Waals surface area contributed by atoms with Gasteiger partial charge < -0.3 is 14.4 Å². The van der Waals surface area contributed by atoms with E-state index in [4.69, 9.17) is 0 Å². The zero-order valence-corrected chi connectivity index (χ0v) is 17.7. The molecule has 0 bridgehead atoms. The molecule has 0 saturated carbocycles. The van der Waals surface area contributed by atoms with Crippen LogP contribution in [-0.2, 0) is 11.3 Å². The number of rotatable bonds is 6. The summed E-state index contributed by atoms with van der Waals surface area (Å²) < 4.78 is 16.0. The van der Waals surface area contributed by atoms with Crippen molar-refractivity contribution >= 4 is 23.4 Å². The number of carbonyl (C=O) groups excluding carboxylic acids is 1. The van der Waals surface area contributed by atoms with Crippen molar-refractivity contribution < 1.29 is 9.18 Å². The predicted molar refractivity (Wildman–Crippen MR) is 117 cm³/mol. The van der Waals surface area contributed by atoms with Crippen LogP contribution in [0, 0.1) is 5.82 Å². The number of thioether (sulfide) groups is 1. The summed E-state index contributed by atoms with van der Waals surface area (Å²) in [6.07, 6.45) is 0. The Balaban J connectivity index is 1.35. The van der Waals surface area contributed by atoms with E-state index in [0.29, 0.717) is 37.6 Å². The van der Waals surface area contributed by atoms with Gasteiger partial charge in [-0.05, 0) is 19.1 Å². The van der Waals surface area contributed by atoms with E-state index in [0.717, 1.165) is 23.1 Å². The summed E-state index contributed by atoms with van der Waals surface area (Å²) in [6.45, 7) is 5.20. The average molecular weight is 426 g/mol. The van der Waals surface area contributed by atoms with Gasteiger partial charge in [0, 0.05) is 38.3 Å². The van der Waals surface area contributed by atoms with E-state index in [1.165, 1.54) is 17.8 Å². The van der Waals surface area contributed by atoms with Crippen LogP contribution in [0.1, 0.15) is 6.92 Å². The molecule has 1 aliphatic rings. The first-order valence-corrected chi connectivity index (χ1v) is 11.0. The molecule has 3 aromatic rings. The Bertz CT molecular complexity index is 1000. The summed E-state index contributed by atoms with van der Waals surface area (Å²) in [5.74, 6) is 0.972. The van der Waals surface area contributed by atoms with Crippen molar-refractivity contribution in [3.05, 3.63) is 60.4 Å². The highest BCUT2D eigenvalue weighted by Gasteiger charge is 2.23. The standard InChI is InChI=1S/C22H24FN5OS/c1-2-28-21(17-8-4-3-5-9-17)24-25-22(28)30-16-20(29)27-14-12-26(13-15-27)19-11-7-6-10-18(19)23/h3-11H,2,12-16H2,1H3. The number of benzene rings is 2. The van der Waals surface area contributed by atoms with Gasteiger partial charge in [-0.15, -0.1) is 10.2 Å². The van der Waals surface area contributed by atoms with Crippen LogP contribution in [0.3, 0.4) is 0 Å². The highest BCUT2D eigenvalue weighted by atomic mass is 32.2. The Morgan fingerprint density at radius 1 is 1.00 bits per heavy atom. The molecule has 1 amide bonds.